The van der Waals surface area contributed by atoms with Crippen LogP contribution in [0.5, 0.6) is 11.5 Å². The molecule has 0 saturated carbocycles. The van der Waals surface area contributed by atoms with Gasteiger partial charge in [0.15, 0.2) is 0 Å². The number of rotatable bonds is 4. The smallest absolute Gasteiger partial charge is 0.312 e. The van der Waals surface area contributed by atoms with E-state index >= 15 is 0 Å². The predicted octanol–water partition coefficient (Wildman–Crippen LogP) is 3.82. The average molecular weight is 351 g/mol. The minimum Gasteiger partial charge on any atom is -0.502 e. The summed E-state index contributed by atoms with van der Waals surface area (Å²) in [5, 5.41) is 20.7. The van der Waals surface area contributed by atoms with Gasteiger partial charge in [0.05, 0.1) is 17.7 Å². The highest BCUT2D eigenvalue weighted by atomic mass is 79.9. The lowest BCUT2D eigenvalue weighted by atomic mass is 10.2. The Hall–Kier alpha value is -2.41. The van der Waals surface area contributed by atoms with Crippen LogP contribution in [-0.4, -0.2) is 23.4 Å². The molecule has 2 aromatic carbocycles. The molecular formula is C14H11BrN2O4. The van der Waals surface area contributed by atoms with E-state index in [2.05, 4.69) is 20.9 Å². The molecule has 0 spiro atoms. The molecule has 0 saturated heterocycles. The third kappa shape index (κ3) is 3.57. The lowest BCUT2D eigenvalue weighted by molar-refractivity contribution is -0.385. The maximum Gasteiger partial charge on any atom is 0.312 e. The van der Waals surface area contributed by atoms with Gasteiger partial charge in [0.1, 0.15) is 5.75 Å². The molecule has 0 fully saturated rings. The molecule has 108 valence electrons. The van der Waals surface area contributed by atoms with Crippen molar-refractivity contribution in [1.29, 1.82) is 0 Å². The van der Waals surface area contributed by atoms with Gasteiger partial charge in [0.2, 0.25) is 5.75 Å². The first-order valence-electron chi connectivity index (χ1n) is 5.86. The van der Waals surface area contributed by atoms with E-state index < -0.39 is 10.7 Å². The van der Waals surface area contributed by atoms with Crippen LogP contribution in [0.1, 0.15) is 5.56 Å². The molecule has 0 amide bonds. The van der Waals surface area contributed by atoms with Crippen molar-refractivity contribution in [2.45, 2.75) is 0 Å². The number of hydrogen-bond donors (Lipinski definition) is 1. The van der Waals surface area contributed by atoms with Gasteiger partial charge in [0, 0.05) is 22.3 Å². The molecule has 0 heterocycles. The van der Waals surface area contributed by atoms with Crippen molar-refractivity contribution in [3.05, 3.63) is 56.5 Å². The van der Waals surface area contributed by atoms with E-state index in [1.807, 2.05) is 0 Å². The van der Waals surface area contributed by atoms with E-state index in [-0.39, 0.29) is 11.3 Å². The van der Waals surface area contributed by atoms with Crippen LogP contribution >= 0.6 is 15.9 Å². The summed E-state index contributed by atoms with van der Waals surface area (Å²) in [7, 11) is 1.57. The average Bonchev–Trinajstić information content (AvgIpc) is 2.48. The molecule has 0 atom stereocenters. The highest BCUT2D eigenvalue weighted by Gasteiger charge is 2.17. The summed E-state index contributed by atoms with van der Waals surface area (Å²) in [4.78, 5) is 14.4. The van der Waals surface area contributed by atoms with Crippen LogP contribution in [0.4, 0.5) is 11.4 Å². The highest BCUT2D eigenvalue weighted by Crippen LogP contribution is 2.32. The summed E-state index contributed by atoms with van der Waals surface area (Å²) in [6, 6.07) is 9.75. The van der Waals surface area contributed by atoms with E-state index in [0.29, 0.717) is 15.9 Å². The summed E-state index contributed by atoms with van der Waals surface area (Å²) in [5.41, 5.74) is 0.519. The maximum absolute atomic E-state index is 10.8. The number of benzene rings is 2. The van der Waals surface area contributed by atoms with Gasteiger partial charge in [0.25, 0.3) is 0 Å². The van der Waals surface area contributed by atoms with Gasteiger partial charge in [-0.15, -0.1) is 0 Å². The number of phenols is 1. The molecule has 0 radical (unpaired) electrons. The van der Waals surface area contributed by atoms with Gasteiger partial charge in [-0.3, -0.25) is 15.1 Å². The number of aromatic hydroxyl groups is 1. The molecule has 6 nitrogen and oxygen atoms in total. The maximum atomic E-state index is 10.8. The van der Waals surface area contributed by atoms with Crippen LogP contribution in [0.25, 0.3) is 0 Å². The molecule has 2 rings (SSSR count). The van der Waals surface area contributed by atoms with Crippen LogP contribution in [0, 0.1) is 10.1 Å². The Morgan fingerprint density at radius 1 is 1.33 bits per heavy atom. The Labute approximate surface area is 129 Å². The van der Waals surface area contributed by atoms with Gasteiger partial charge >= 0.3 is 5.69 Å². The molecule has 0 unspecified atom stereocenters. The Morgan fingerprint density at radius 3 is 2.57 bits per heavy atom. The first kappa shape index (κ1) is 15.0. The Kier molecular flexibility index (Phi) is 4.54. The number of halogens is 1. The number of hydrogen-bond acceptors (Lipinski definition) is 5. The SMILES string of the molecule is COc1ccc(/N=C/c2cc(Br)cc([N+](=O)[O-])c2O)cc1. The number of nitro groups is 1. The molecule has 0 aliphatic rings. The van der Waals surface area contributed by atoms with Crippen molar-refractivity contribution >= 4 is 33.5 Å². The predicted molar refractivity (Wildman–Crippen MR) is 82.7 cm³/mol. The van der Waals surface area contributed by atoms with Crippen LogP contribution < -0.4 is 4.74 Å². The standard InChI is InChI=1S/C14H11BrN2O4/c1-21-12-4-2-11(3-5-12)16-8-9-6-10(15)7-13(14(9)18)17(19)20/h2-8,18H,1H3/b16-8+. The van der Waals surface area contributed by atoms with E-state index in [0.717, 1.165) is 0 Å². The number of nitro benzene ring substituents is 1. The molecule has 0 aliphatic carbocycles. The van der Waals surface area contributed by atoms with E-state index in [1.54, 1.807) is 37.4 Å². The second-order valence-corrected chi connectivity index (χ2v) is 4.99. The van der Waals surface area contributed by atoms with Crippen LogP contribution in [0.2, 0.25) is 0 Å². The molecular weight excluding hydrogens is 340 g/mol. The molecule has 7 heteroatoms. The van der Waals surface area contributed by atoms with Gasteiger partial charge in [-0.25, -0.2) is 0 Å². The fourth-order valence-electron chi connectivity index (χ4n) is 1.66. The largest absolute Gasteiger partial charge is 0.502 e. The molecule has 0 bridgehead atoms. The first-order valence-corrected chi connectivity index (χ1v) is 6.65. The topological polar surface area (TPSA) is 85.0 Å². The molecule has 0 aromatic heterocycles. The quantitative estimate of drug-likeness (QED) is 0.515. The summed E-state index contributed by atoms with van der Waals surface area (Å²) in [5.74, 6) is 0.287. The summed E-state index contributed by atoms with van der Waals surface area (Å²) < 4.78 is 5.52. The van der Waals surface area contributed by atoms with Crippen LogP contribution in [0.15, 0.2) is 45.9 Å². The van der Waals surface area contributed by atoms with E-state index in [4.69, 9.17) is 4.74 Å². The fourth-order valence-corrected chi connectivity index (χ4v) is 2.12. The normalized spacial score (nSPS) is 10.8. The number of ether oxygens (including phenoxy) is 1. The molecule has 2 aromatic rings. The zero-order valence-electron chi connectivity index (χ0n) is 11.0. The summed E-state index contributed by atoms with van der Waals surface area (Å²) >= 11 is 3.17. The van der Waals surface area contributed by atoms with Crippen molar-refractivity contribution < 1.29 is 14.8 Å². The first-order chi connectivity index (χ1) is 10.0. The number of methoxy groups -OCH3 is 1. The summed E-state index contributed by atoms with van der Waals surface area (Å²) in [6.45, 7) is 0. The third-order valence-corrected chi connectivity index (χ3v) is 3.16. The van der Waals surface area contributed by atoms with Crippen molar-refractivity contribution in [2.24, 2.45) is 4.99 Å². The second-order valence-electron chi connectivity index (χ2n) is 4.08. The molecule has 21 heavy (non-hydrogen) atoms. The lowest BCUT2D eigenvalue weighted by Gasteiger charge is -2.02. The van der Waals surface area contributed by atoms with E-state index in [9.17, 15) is 15.2 Å². The lowest BCUT2D eigenvalue weighted by Crippen LogP contribution is -1.92. The highest BCUT2D eigenvalue weighted by molar-refractivity contribution is 9.10. The Morgan fingerprint density at radius 2 is 2.00 bits per heavy atom. The van der Waals surface area contributed by atoms with E-state index in [1.165, 1.54) is 12.3 Å². The zero-order chi connectivity index (χ0) is 15.4. The van der Waals surface area contributed by atoms with Crippen LogP contribution in [0.3, 0.4) is 0 Å². The number of phenolic OH excluding ortho intramolecular Hbond substituents is 1. The van der Waals surface area contributed by atoms with Crippen molar-refractivity contribution in [3.63, 3.8) is 0 Å². The summed E-state index contributed by atoms with van der Waals surface area (Å²) in [6.07, 6.45) is 1.37. The van der Waals surface area contributed by atoms with Gasteiger partial charge < -0.3 is 9.84 Å². The molecule has 1 N–H and O–H groups in total. The molecule has 0 aliphatic heterocycles. The number of aliphatic imine (C=N–C) groups is 1. The van der Waals surface area contributed by atoms with Gasteiger partial charge in [-0.2, -0.15) is 0 Å². The zero-order valence-corrected chi connectivity index (χ0v) is 12.6. The monoisotopic (exact) mass is 350 g/mol. The number of nitrogens with zero attached hydrogens (tertiary/aromatic N) is 2. The van der Waals surface area contributed by atoms with Gasteiger partial charge in [-0.1, -0.05) is 15.9 Å². The van der Waals surface area contributed by atoms with Crippen molar-refractivity contribution in [1.82, 2.24) is 0 Å². The minimum atomic E-state index is -0.648. The minimum absolute atomic E-state index is 0.256. The van der Waals surface area contributed by atoms with Crippen molar-refractivity contribution in [3.8, 4) is 11.5 Å². The Bertz CT molecular complexity index is 699. The van der Waals surface area contributed by atoms with Crippen LogP contribution in [-0.2, 0) is 0 Å². The fraction of sp³-hybridized carbons (Fsp3) is 0.0714. The van der Waals surface area contributed by atoms with Crippen molar-refractivity contribution in [2.75, 3.05) is 7.11 Å². The second kappa shape index (κ2) is 6.36. The van der Waals surface area contributed by atoms with Gasteiger partial charge in [-0.05, 0) is 30.3 Å². The Balaban J connectivity index is 2.33. The third-order valence-electron chi connectivity index (χ3n) is 2.71.